The first-order chi connectivity index (χ1) is 10.2. The van der Waals surface area contributed by atoms with Gasteiger partial charge in [0.15, 0.2) is 11.6 Å². The fourth-order valence-corrected chi connectivity index (χ4v) is 1.77. The first-order valence-electron chi connectivity index (χ1n) is 6.21. The molecule has 0 aliphatic carbocycles. The minimum Gasteiger partial charge on any atom is -0.486 e. The maximum absolute atomic E-state index is 13.5. The van der Waals surface area contributed by atoms with E-state index in [4.69, 9.17) is 15.3 Å². The third-order valence-corrected chi connectivity index (χ3v) is 2.82. The minimum atomic E-state index is -0.430. The van der Waals surface area contributed by atoms with E-state index in [9.17, 15) is 4.39 Å². The normalized spacial score (nSPS) is 9.29. The standard InChI is InChI=1S/C17H11FN2O/c18-16-7-3-4-8-17(16)21-12-15-6-2-1-5-14(15)9-13(10-19)11-20/h1-9H,12H2. The van der Waals surface area contributed by atoms with Gasteiger partial charge in [0.1, 0.15) is 24.3 Å². The molecule has 0 bridgehead atoms. The van der Waals surface area contributed by atoms with Gasteiger partial charge in [0.2, 0.25) is 0 Å². The molecular weight excluding hydrogens is 267 g/mol. The molecule has 21 heavy (non-hydrogen) atoms. The Morgan fingerprint density at radius 1 is 1.05 bits per heavy atom. The molecule has 2 rings (SSSR count). The van der Waals surface area contributed by atoms with Crippen molar-refractivity contribution in [2.75, 3.05) is 0 Å². The first-order valence-corrected chi connectivity index (χ1v) is 6.21. The third-order valence-electron chi connectivity index (χ3n) is 2.82. The molecule has 0 fully saturated rings. The van der Waals surface area contributed by atoms with Crippen LogP contribution in [0.25, 0.3) is 6.08 Å². The first kappa shape index (κ1) is 14.3. The molecule has 0 aromatic heterocycles. The second kappa shape index (κ2) is 6.88. The van der Waals surface area contributed by atoms with E-state index in [-0.39, 0.29) is 17.9 Å². The molecule has 0 saturated carbocycles. The summed E-state index contributed by atoms with van der Waals surface area (Å²) in [6.45, 7) is 0.151. The number of benzene rings is 2. The summed E-state index contributed by atoms with van der Waals surface area (Å²) in [4.78, 5) is 0. The summed E-state index contributed by atoms with van der Waals surface area (Å²) in [6.07, 6.45) is 1.49. The fourth-order valence-electron chi connectivity index (χ4n) is 1.77. The number of allylic oxidation sites excluding steroid dienone is 1. The van der Waals surface area contributed by atoms with Crippen LogP contribution >= 0.6 is 0 Å². The summed E-state index contributed by atoms with van der Waals surface area (Å²) in [5, 5.41) is 17.6. The van der Waals surface area contributed by atoms with Gasteiger partial charge in [-0.25, -0.2) is 4.39 Å². The Bertz CT molecular complexity index is 738. The summed E-state index contributed by atoms with van der Waals surface area (Å²) in [5.41, 5.74) is 1.48. The molecule has 0 heterocycles. The van der Waals surface area contributed by atoms with Crippen LogP contribution < -0.4 is 4.74 Å². The summed E-state index contributed by atoms with van der Waals surface area (Å²) in [7, 11) is 0. The lowest BCUT2D eigenvalue weighted by Crippen LogP contribution is -1.99. The second-order valence-electron chi connectivity index (χ2n) is 4.20. The molecule has 0 unspecified atom stereocenters. The van der Waals surface area contributed by atoms with Gasteiger partial charge in [-0.2, -0.15) is 10.5 Å². The van der Waals surface area contributed by atoms with Crippen molar-refractivity contribution in [3.63, 3.8) is 0 Å². The zero-order valence-electron chi connectivity index (χ0n) is 11.1. The molecule has 102 valence electrons. The molecule has 0 radical (unpaired) electrons. The molecule has 0 saturated heterocycles. The van der Waals surface area contributed by atoms with Gasteiger partial charge in [-0.1, -0.05) is 36.4 Å². The van der Waals surface area contributed by atoms with E-state index in [2.05, 4.69) is 0 Å². The van der Waals surface area contributed by atoms with Crippen molar-refractivity contribution in [1.29, 1.82) is 10.5 Å². The summed E-state index contributed by atoms with van der Waals surface area (Å²) in [6, 6.07) is 17.0. The van der Waals surface area contributed by atoms with E-state index >= 15 is 0 Å². The quantitative estimate of drug-likeness (QED) is 0.798. The van der Waals surface area contributed by atoms with Crippen molar-refractivity contribution in [3.8, 4) is 17.9 Å². The lowest BCUT2D eigenvalue weighted by atomic mass is 10.1. The molecule has 0 spiro atoms. The Morgan fingerprint density at radius 2 is 1.71 bits per heavy atom. The van der Waals surface area contributed by atoms with Gasteiger partial charge in [-0.05, 0) is 29.3 Å². The Balaban J connectivity index is 2.22. The Labute approximate surface area is 122 Å². The van der Waals surface area contributed by atoms with Crippen LogP contribution in [0.4, 0.5) is 4.39 Å². The van der Waals surface area contributed by atoms with Crippen molar-refractivity contribution < 1.29 is 9.13 Å². The second-order valence-corrected chi connectivity index (χ2v) is 4.20. The number of para-hydroxylation sites is 1. The topological polar surface area (TPSA) is 56.8 Å². The number of nitriles is 2. The van der Waals surface area contributed by atoms with Crippen molar-refractivity contribution >= 4 is 6.08 Å². The van der Waals surface area contributed by atoms with Gasteiger partial charge in [-0.3, -0.25) is 0 Å². The SMILES string of the molecule is N#CC(C#N)=Cc1ccccc1COc1ccccc1F. The number of ether oxygens (including phenoxy) is 1. The van der Waals surface area contributed by atoms with Crippen LogP contribution in [0.3, 0.4) is 0 Å². The highest BCUT2D eigenvalue weighted by Gasteiger charge is 2.05. The molecule has 2 aromatic carbocycles. The number of hydrogen-bond acceptors (Lipinski definition) is 3. The van der Waals surface area contributed by atoms with E-state index in [1.807, 2.05) is 18.2 Å². The lowest BCUT2D eigenvalue weighted by Gasteiger charge is -2.09. The average molecular weight is 278 g/mol. The largest absolute Gasteiger partial charge is 0.486 e. The van der Waals surface area contributed by atoms with Gasteiger partial charge in [-0.15, -0.1) is 0 Å². The zero-order valence-corrected chi connectivity index (χ0v) is 11.1. The van der Waals surface area contributed by atoms with Crippen LogP contribution in [0, 0.1) is 28.5 Å². The summed E-state index contributed by atoms with van der Waals surface area (Å²) < 4.78 is 18.9. The van der Waals surface area contributed by atoms with Crippen LogP contribution in [-0.4, -0.2) is 0 Å². The number of rotatable bonds is 4. The molecule has 4 heteroatoms. The number of hydrogen-bond donors (Lipinski definition) is 0. The highest BCUT2D eigenvalue weighted by atomic mass is 19.1. The molecule has 0 amide bonds. The predicted octanol–water partition coefficient (Wildman–Crippen LogP) is 3.84. The van der Waals surface area contributed by atoms with E-state index in [1.54, 1.807) is 36.4 Å². The van der Waals surface area contributed by atoms with E-state index < -0.39 is 5.82 Å². The van der Waals surface area contributed by atoms with Gasteiger partial charge in [0, 0.05) is 0 Å². The van der Waals surface area contributed by atoms with Gasteiger partial charge in [0.05, 0.1) is 0 Å². The van der Waals surface area contributed by atoms with Crippen molar-refractivity contribution in [2.24, 2.45) is 0 Å². The number of nitrogens with zero attached hydrogens (tertiary/aromatic N) is 2. The molecule has 0 atom stereocenters. The van der Waals surface area contributed by atoms with Crippen LogP contribution in [0.1, 0.15) is 11.1 Å². The monoisotopic (exact) mass is 278 g/mol. The zero-order chi connectivity index (χ0) is 15.1. The molecule has 0 aliphatic heterocycles. The van der Waals surface area contributed by atoms with Crippen LogP contribution in [0.5, 0.6) is 5.75 Å². The summed E-state index contributed by atoms with van der Waals surface area (Å²) >= 11 is 0. The Kier molecular flexibility index (Phi) is 4.69. The van der Waals surface area contributed by atoms with E-state index in [0.717, 1.165) is 5.56 Å². The molecule has 3 nitrogen and oxygen atoms in total. The average Bonchev–Trinajstić information content (AvgIpc) is 2.53. The predicted molar refractivity (Wildman–Crippen MR) is 76.4 cm³/mol. The molecule has 2 aromatic rings. The van der Waals surface area contributed by atoms with Crippen LogP contribution in [-0.2, 0) is 6.61 Å². The third kappa shape index (κ3) is 3.68. The highest BCUT2D eigenvalue weighted by molar-refractivity contribution is 5.64. The molecule has 0 N–H and O–H groups in total. The van der Waals surface area contributed by atoms with Gasteiger partial charge >= 0.3 is 0 Å². The maximum Gasteiger partial charge on any atom is 0.165 e. The van der Waals surface area contributed by atoms with Gasteiger partial charge in [0.25, 0.3) is 0 Å². The lowest BCUT2D eigenvalue weighted by molar-refractivity contribution is 0.290. The Morgan fingerprint density at radius 3 is 2.43 bits per heavy atom. The van der Waals surface area contributed by atoms with Crippen LogP contribution in [0.15, 0.2) is 54.1 Å². The Hall–Kier alpha value is -3.11. The van der Waals surface area contributed by atoms with E-state index in [1.165, 1.54) is 12.1 Å². The fraction of sp³-hybridized carbons (Fsp3) is 0.0588. The minimum absolute atomic E-state index is 0.00772. The highest BCUT2D eigenvalue weighted by Crippen LogP contribution is 2.19. The molecule has 0 aliphatic rings. The number of halogens is 1. The smallest absolute Gasteiger partial charge is 0.165 e. The van der Waals surface area contributed by atoms with Crippen molar-refractivity contribution in [2.45, 2.75) is 6.61 Å². The van der Waals surface area contributed by atoms with Gasteiger partial charge < -0.3 is 4.74 Å². The molecular formula is C17H11FN2O. The van der Waals surface area contributed by atoms with E-state index in [0.29, 0.717) is 5.56 Å². The van der Waals surface area contributed by atoms with Crippen LogP contribution in [0.2, 0.25) is 0 Å². The maximum atomic E-state index is 13.5. The van der Waals surface area contributed by atoms with Crippen molar-refractivity contribution in [1.82, 2.24) is 0 Å². The van der Waals surface area contributed by atoms with Crippen molar-refractivity contribution in [3.05, 3.63) is 71.0 Å². The summed E-state index contributed by atoms with van der Waals surface area (Å²) in [5.74, 6) is -0.266.